The van der Waals surface area contributed by atoms with Crippen LogP contribution in [-0.4, -0.2) is 64.3 Å². The highest BCUT2D eigenvalue weighted by Crippen LogP contribution is 2.38. The number of nitro benzene ring substituents is 1. The smallest absolute Gasteiger partial charge is 0.269 e. The second-order valence-electron chi connectivity index (χ2n) is 10.3. The number of nitrogens with one attached hydrogen (secondary N) is 1. The number of halogens is 1. The van der Waals surface area contributed by atoms with Crippen molar-refractivity contribution in [2.45, 2.75) is 18.9 Å². The van der Waals surface area contributed by atoms with Crippen LogP contribution in [-0.2, 0) is 9.53 Å². The van der Waals surface area contributed by atoms with Crippen molar-refractivity contribution in [2.24, 2.45) is 5.10 Å². The molecule has 0 radical (unpaired) electrons. The zero-order valence-corrected chi connectivity index (χ0v) is 24.2. The summed E-state index contributed by atoms with van der Waals surface area (Å²) >= 11 is 3.56. The number of aromatic amines is 1. The second-order valence-corrected chi connectivity index (χ2v) is 11.2. The second kappa shape index (κ2) is 12.0. The van der Waals surface area contributed by atoms with Gasteiger partial charge in [0.1, 0.15) is 0 Å². The van der Waals surface area contributed by atoms with Crippen LogP contribution < -0.4 is 5.56 Å². The van der Waals surface area contributed by atoms with Gasteiger partial charge in [0, 0.05) is 65.5 Å². The van der Waals surface area contributed by atoms with Gasteiger partial charge in [0.25, 0.3) is 11.2 Å². The molecule has 3 aromatic carbocycles. The number of non-ortho nitro benzene ring substituents is 1. The first kappa shape index (κ1) is 28.0. The molecule has 214 valence electrons. The summed E-state index contributed by atoms with van der Waals surface area (Å²) in [7, 11) is 0. The Kier molecular flexibility index (Phi) is 7.96. The number of aromatic nitrogens is 1. The molecule has 0 bridgehead atoms. The number of pyridine rings is 1. The molecular formula is C31H28BrN5O5. The Morgan fingerprint density at radius 3 is 2.60 bits per heavy atom. The Balaban J connectivity index is 1.46. The Hall–Kier alpha value is -4.19. The van der Waals surface area contributed by atoms with Gasteiger partial charge in [-0.1, -0.05) is 58.4 Å². The average molecular weight is 630 g/mol. The van der Waals surface area contributed by atoms with Crippen LogP contribution in [0.25, 0.3) is 22.0 Å². The van der Waals surface area contributed by atoms with E-state index in [1.54, 1.807) is 12.1 Å². The van der Waals surface area contributed by atoms with Gasteiger partial charge in [-0.05, 0) is 29.3 Å². The first-order valence-corrected chi connectivity index (χ1v) is 14.5. The van der Waals surface area contributed by atoms with Crippen molar-refractivity contribution in [3.8, 4) is 11.1 Å². The van der Waals surface area contributed by atoms with Gasteiger partial charge in [-0.15, -0.1) is 0 Å². The SMILES string of the molecule is O=C(CCN1CCOCC1)N1N=C(c2c(-c3ccccc3)c3cc(Br)ccc3[nH]c2=O)CC1c1cccc([N+](=O)[O-])c1. The van der Waals surface area contributed by atoms with Crippen molar-refractivity contribution in [3.05, 3.63) is 109 Å². The molecule has 1 aromatic heterocycles. The molecule has 1 N–H and O–H groups in total. The molecule has 0 spiro atoms. The first-order valence-electron chi connectivity index (χ1n) is 13.7. The van der Waals surface area contributed by atoms with E-state index in [0.29, 0.717) is 42.1 Å². The number of fused-ring (bicyclic) bond motifs is 1. The lowest BCUT2D eigenvalue weighted by molar-refractivity contribution is -0.385. The molecule has 1 atom stereocenters. The highest BCUT2D eigenvalue weighted by atomic mass is 79.9. The van der Waals surface area contributed by atoms with E-state index in [0.717, 1.165) is 34.1 Å². The maximum Gasteiger partial charge on any atom is 0.269 e. The minimum absolute atomic E-state index is 0.0694. The third kappa shape index (κ3) is 5.63. The summed E-state index contributed by atoms with van der Waals surface area (Å²) in [5.41, 5.74) is 3.27. The van der Waals surface area contributed by atoms with E-state index in [9.17, 15) is 19.7 Å². The Morgan fingerprint density at radius 1 is 1.05 bits per heavy atom. The lowest BCUT2D eigenvalue weighted by Gasteiger charge is -2.27. The number of carbonyl (C=O) groups excluding carboxylic acids is 1. The number of morpholine rings is 1. The lowest BCUT2D eigenvalue weighted by atomic mass is 9.91. The van der Waals surface area contributed by atoms with Crippen LogP contribution >= 0.6 is 15.9 Å². The third-order valence-electron chi connectivity index (χ3n) is 7.70. The van der Waals surface area contributed by atoms with E-state index in [-0.39, 0.29) is 30.0 Å². The number of carbonyl (C=O) groups is 1. The number of hydrogen-bond donors (Lipinski definition) is 1. The number of amides is 1. The molecule has 1 amide bonds. The van der Waals surface area contributed by atoms with Gasteiger partial charge in [-0.25, -0.2) is 5.01 Å². The Bertz CT molecular complexity index is 1750. The van der Waals surface area contributed by atoms with Crippen LogP contribution in [0.5, 0.6) is 0 Å². The third-order valence-corrected chi connectivity index (χ3v) is 8.20. The van der Waals surface area contributed by atoms with E-state index in [1.165, 1.54) is 17.1 Å². The summed E-state index contributed by atoms with van der Waals surface area (Å²) in [6.45, 7) is 3.29. The standard InChI is InChI=1S/C31H28BrN5O5/c32-22-9-10-25-24(18-22)29(20-5-2-1-3-6-20)30(31(39)33-25)26-19-27(21-7-4-8-23(17-21)37(40)41)36(34-26)28(38)11-12-35-13-15-42-16-14-35/h1-10,17-18,27H,11-16,19H2,(H,33,39). The fourth-order valence-corrected chi connectivity index (χ4v) is 6.00. The molecule has 11 heteroatoms. The summed E-state index contributed by atoms with van der Waals surface area (Å²) in [6.07, 6.45) is 0.446. The number of hydrazone groups is 1. The molecule has 0 aliphatic carbocycles. The van der Waals surface area contributed by atoms with E-state index < -0.39 is 11.0 Å². The van der Waals surface area contributed by atoms with Crippen LogP contribution in [0.4, 0.5) is 5.69 Å². The topological polar surface area (TPSA) is 121 Å². The van der Waals surface area contributed by atoms with Gasteiger partial charge in [0.2, 0.25) is 5.91 Å². The van der Waals surface area contributed by atoms with E-state index in [2.05, 4.69) is 25.8 Å². The maximum absolute atomic E-state index is 13.7. The number of hydrogen-bond acceptors (Lipinski definition) is 7. The molecule has 0 saturated carbocycles. The maximum atomic E-state index is 13.7. The fraction of sp³-hybridized carbons (Fsp3) is 0.258. The molecule has 10 nitrogen and oxygen atoms in total. The van der Waals surface area contributed by atoms with E-state index in [4.69, 9.17) is 9.84 Å². The molecule has 2 aliphatic rings. The molecule has 4 aromatic rings. The van der Waals surface area contributed by atoms with Crippen molar-refractivity contribution in [3.63, 3.8) is 0 Å². The molecule has 1 saturated heterocycles. The molecule has 6 rings (SSSR count). The van der Waals surface area contributed by atoms with Crippen molar-refractivity contribution in [1.29, 1.82) is 0 Å². The van der Waals surface area contributed by atoms with Crippen molar-refractivity contribution in [1.82, 2.24) is 14.9 Å². The number of benzene rings is 3. The molecule has 1 fully saturated rings. The molecule has 2 aliphatic heterocycles. The number of ether oxygens (including phenoxy) is 1. The summed E-state index contributed by atoms with van der Waals surface area (Å²) in [5, 5.41) is 18.6. The fourth-order valence-electron chi connectivity index (χ4n) is 5.63. The summed E-state index contributed by atoms with van der Waals surface area (Å²) in [5.74, 6) is -0.214. The van der Waals surface area contributed by atoms with Crippen LogP contribution in [0, 0.1) is 10.1 Å². The number of H-pyrrole nitrogens is 1. The van der Waals surface area contributed by atoms with E-state index in [1.807, 2.05) is 48.5 Å². The van der Waals surface area contributed by atoms with Gasteiger partial charge in [0.15, 0.2) is 0 Å². The normalized spacial score (nSPS) is 17.4. The Morgan fingerprint density at radius 2 is 1.83 bits per heavy atom. The van der Waals surface area contributed by atoms with Gasteiger partial charge in [0.05, 0.1) is 35.5 Å². The van der Waals surface area contributed by atoms with Gasteiger partial charge in [-0.2, -0.15) is 5.10 Å². The number of rotatable bonds is 7. The molecule has 42 heavy (non-hydrogen) atoms. The van der Waals surface area contributed by atoms with E-state index >= 15 is 0 Å². The predicted octanol–water partition coefficient (Wildman–Crippen LogP) is 5.27. The number of nitro groups is 1. The Labute approximate surface area is 249 Å². The zero-order chi connectivity index (χ0) is 29.2. The van der Waals surface area contributed by atoms with Crippen LogP contribution in [0.3, 0.4) is 0 Å². The van der Waals surface area contributed by atoms with Crippen molar-refractivity contribution in [2.75, 3.05) is 32.8 Å². The monoisotopic (exact) mass is 629 g/mol. The highest BCUT2D eigenvalue weighted by molar-refractivity contribution is 9.10. The van der Waals surface area contributed by atoms with Gasteiger partial charge >= 0.3 is 0 Å². The zero-order valence-electron chi connectivity index (χ0n) is 22.7. The van der Waals surface area contributed by atoms with Crippen LogP contribution in [0.15, 0.2) is 87.2 Å². The molecule has 3 heterocycles. The van der Waals surface area contributed by atoms with Crippen molar-refractivity contribution >= 4 is 44.1 Å². The minimum Gasteiger partial charge on any atom is -0.379 e. The quantitative estimate of drug-likeness (QED) is 0.220. The van der Waals surface area contributed by atoms with Crippen LogP contribution in [0.2, 0.25) is 0 Å². The summed E-state index contributed by atoms with van der Waals surface area (Å²) in [6, 6.07) is 21.0. The van der Waals surface area contributed by atoms with Crippen LogP contribution in [0.1, 0.15) is 30.0 Å². The summed E-state index contributed by atoms with van der Waals surface area (Å²) in [4.78, 5) is 43.7. The average Bonchev–Trinajstić information content (AvgIpc) is 3.46. The molecular weight excluding hydrogens is 602 g/mol. The predicted molar refractivity (Wildman–Crippen MR) is 163 cm³/mol. The highest BCUT2D eigenvalue weighted by Gasteiger charge is 2.36. The van der Waals surface area contributed by atoms with Gasteiger partial charge in [-0.3, -0.25) is 24.6 Å². The molecule has 1 unspecified atom stereocenters. The van der Waals surface area contributed by atoms with Gasteiger partial charge < -0.3 is 9.72 Å². The summed E-state index contributed by atoms with van der Waals surface area (Å²) < 4.78 is 6.28. The first-order chi connectivity index (χ1) is 20.4. The number of nitrogens with zero attached hydrogens (tertiary/aromatic N) is 4. The lowest BCUT2D eigenvalue weighted by Crippen LogP contribution is -2.39. The van der Waals surface area contributed by atoms with Crippen molar-refractivity contribution < 1.29 is 14.5 Å². The largest absolute Gasteiger partial charge is 0.379 e. The minimum atomic E-state index is -0.599.